The molecule has 5 heteroatoms. The van der Waals surface area contributed by atoms with Crippen LogP contribution in [-0.4, -0.2) is 36.7 Å². The molecule has 1 aromatic carbocycles. The molecule has 108 valence electrons. The van der Waals surface area contributed by atoms with Crippen molar-refractivity contribution in [3.8, 4) is 11.5 Å². The molecule has 2 heterocycles. The maximum atomic E-state index is 12.7. The predicted octanol–water partition coefficient (Wildman–Crippen LogP) is 1.76. The van der Waals surface area contributed by atoms with Gasteiger partial charge in [-0.2, -0.15) is 0 Å². The first kappa shape index (κ1) is 13.2. The van der Waals surface area contributed by atoms with Crippen LogP contribution in [0, 0.1) is 0 Å². The summed E-state index contributed by atoms with van der Waals surface area (Å²) in [4.78, 5) is 14.6. The van der Waals surface area contributed by atoms with Crippen molar-refractivity contribution in [1.29, 1.82) is 0 Å². The number of benzene rings is 1. The zero-order valence-electron chi connectivity index (χ0n) is 11.5. The van der Waals surface area contributed by atoms with E-state index in [0.29, 0.717) is 23.6 Å². The number of nitrogens with zero attached hydrogens (tertiary/aromatic N) is 1. The molecule has 0 spiro atoms. The van der Waals surface area contributed by atoms with Gasteiger partial charge in [0, 0.05) is 24.7 Å². The number of nitrogens with two attached hydrogens (primary N) is 1. The number of amides is 1. The van der Waals surface area contributed by atoms with Gasteiger partial charge in [0.05, 0.1) is 0 Å². The molecule has 0 aromatic heterocycles. The highest BCUT2D eigenvalue weighted by Crippen LogP contribution is 2.33. The summed E-state index contributed by atoms with van der Waals surface area (Å²) in [5.74, 6) is 1.39. The monoisotopic (exact) mass is 276 g/mol. The molecule has 1 saturated heterocycles. The fourth-order valence-electron chi connectivity index (χ4n) is 2.89. The normalized spacial score (nSPS) is 21.6. The average Bonchev–Trinajstić information content (AvgIpc) is 2.81. The molecular formula is C15H20N2O3. The second-order valence-electron chi connectivity index (χ2n) is 5.31. The molecule has 5 nitrogen and oxygen atoms in total. The highest BCUT2D eigenvalue weighted by atomic mass is 16.7. The summed E-state index contributed by atoms with van der Waals surface area (Å²) in [6.45, 7) is 1.54. The summed E-state index contributed by atoms with van der Waals surface area (Å²) in [6.07, 6.45) is 4.35. The Morgan fingerprint density at radius 2 is 2.10 bits per heavy atom. The smallest absolute Gasteiger partial charge is 0.254 e. The molecule has 0 radical (unpaired) electrons. The minimum absolute atomic E-state index is 0.0423. The van der Waals surface area contributed by atoms with Crippen molar-refractivity contribution in [1.82, 2.24) is 4.90 Å². The first-order valence-electron chi connectivity index (χ1n) is 7.20. The van der Waals surface area contributed by atoms with Gasteiger partial charge in [0.1, 0.15) is 0 Å². The van der Waals surface area contributed by atoms with Gasteiger partial charge in [-0.25, -0.2) is 0 Å². The van der Waals surface area contributed by atoms with Gasteiger partial charge in [0.25, 0.3) is 5.91 Å². The lowest BCUT2D eigenvalue weighted by Crippen LogP contribution is -2.44. The lowest BCUT2D eigenvalue weighted by molar-refractivity contribution is 0.0688. The first-order valence-corrected chi connectivity index (χ1v) is 7.20. The topological polar surface area (TPSA) is 64.8 Å². The Bertz CT molecular complexity index is 504. The third-order valence-corrected chi connectivity index (χ3v) is 4.03. The fraction of sp³-hybridized carbons (Fsp3) is 0.533. The Balaban J connectivity index is 1.83. The molecule has 2 aliphatic heterocycles. The molecule has 2 N–H and O–H groups in total. The Hall–Kier alpha value is -1.75. The van der Waals surface area contributed by atoms with Crippen LogP contribution < -0.4 is 15.2 Å². The van der Waals surface area contributed by atoms with Crippen LogP contribution in [0.2, 0.25) is 0 Å². The quantitative estimate of drug-likeness (QED) is 0.894. The van der Waals surface area contributed by atoms with E-state index in [1.54, 1.807) is 18.2 Å². The summed E-state index contributed by atoms with van der Waals surface area (Å²) in [7, 11) is 0. The highest BCUT2D eigenvalue weighted by molar-refractivity contribution is 5.95. The number of likely N-dealkylation sites (tertiary alicyclic amines) is 1. The van der Waals surface area contributed by atoms with Crippen LogP contribution in [0.4, 0.5) is 0 Å². The van der Waals surface area contributed by atoms with Gasteiger partial charge in [-0.3, -0.25) is 4.79 Å². The van der Waals surface area contributed by atoms with Gasteiger partial charge >= 0.3 is 0 Å². The molecule has 1 fully saturated rings. The number of rotatable bonds is 2. The van der Waals surface area contributed by atoms with Crippen LogP contribution in [0.5, 0.6) is 11.5 Å². The van der Waals surface area contributed by atoms with Crippen molar-refractivity contribution in [2.75, 3.05) is 19.9 Å². The first-order chi connectivity index (χ1) is 9.79. The number of hydrogen-bond acceptors (Lipinski definition) is 4. The van der Waals surface area contributed by atoms with Gasteiger partial charge in [0.2, 0.25) is 6.79 Å². The molecule has 1 amide bonds. The van der Waals surface area contributed by atoms with E-state index in [-0.39, 0.29) is 18.7 Å². The molecule has 1 unspecified atom stereocenters. The molecule has 2 aliphatic rings. The van der Waals surface area contributed by atoms with E-state index in [1.165, 1.54) is 6.42 Å². The summed E-state index contributed by atoms with van der Waals surface area (Å²) in [6, 6.07) is 5.51. The second-order valence-corrected chi connectivity index (χ2v) is 5.31. The number of carbonyl (C=O) groups is 1. The molecule has 0 aliphatic carbocycles. The zero-order chi connectivity index (χ0) is 13.9. The Labute approximate surface area is 118 Å². The van der Waals surface area contributed by atoms with Crippen molar-refractivity contribution in [2.45, 2.75) is 31.7 Å². The molecule has 0 bridgehead atoms. The SMILES string of the molecule is NCC1CCCCCN1C(=O)c1ccc2c(c1)OCO2. The van der Waals surface area contributed by atoms with Gasteiger partial charge < -0.3 is 20.1 Å². The lowest BCUT2D eigenvalue weighted by Gasteiger charge is -2.29. The third kappa shape index (κ3) is 2.45. The molecular weight excluding hydrogens is 256 g/mol. The maximum absolute atomic E-state index is 12.7. The van der Waals surface area contributed by atoms with E-state index in [9.17, 15) is 4.79 Å². The fourth-order valence-corrected chi connectivity index (χ4v) is 2.89. The summed E-state index contributed by atoms with van der Waals surface area (Å²) < 4.78 is 10.6. The van der Waals surface area contributed by atoms with E-state index in [1.807, 2.05) is 4.90 Å². The minimum Gasteiger partial charge on any atom is -0.454 e. The molecule has 1 atom stereocenters. The van der Waals surface area contributed by atoms with Gasteiger partial charge in [0.15, 0.2) is 11.5 Å². The average molecular weight is 276 g/mol. The Kier molecular flexibility index (Phi) is 3.78. The van der Waals surface area contributed by atoms with Crippen LogP contribution in [0.15, 0.2) is 18.2 Å². The van der Waals surface area contributed by atoms with Crippen molar-refractivity contribution in [3.05, 3.63) is 23.8 Å². The van der Waals surface area contributed by atoms with Crippen molar-refractivity contribution < 1.29 is 14.3 Å². The number of fused-ring (bicyclic) bond motifs is 1. The summed E-state index contributed by atoms with van der Waals surface area (Å²) in [5, 5.41) is 0. The standard InChI is InChI=1S/C15H20N2O3/c16-9-12-4-2-1-3-7-17(12)15(18)11-5-6-13-14(8-11)20-10-19-13/h5-6,8,12H,1-4,7,9-10,16H2. The second kappa shape index (κ2) is 5.71. The van der Waals surface area contributed by atoms with E-state index < -0.39 is 0 Å². The van der Waals surface area contributed by atoms with Crippen LogP contribution in [0.3, 0.4) is 0 Å². The predicted molar refractivity (Wildman–Crippen MR) is 74.9 cm³/mol. The minimum atomic E-state index is 0.0423. The number of carbonyl (C=O) groups excluding carboxylic acids is 1. The van der Waals surface area contributed by atoms with E-state index in [4.69, 9.17) is 15.2 Å². The third-order valence-electron chi connectivity index (χ3n) is 4.03. The Morgan fingerprint density at radius 3 is 2.95 bits per heavy atom. The van der Waals surface area contributed by atoms with Crippen molar-refractivity contribution >= 4 is 5.91 Å². The van der Waals surface area contributed by atoms with Crippen LogP contribution in [0.25, 0.3) is 0 Å². The van der Waals surface area contributed by atoms with Crippen molar-refractivity contribution in [3.63, 3.8) is 0 Å². The van der Waals surface area contributed by atoms with Gasteiger partial charge in [-0.05, 0) is 31.0 Å². The number of hydrogen-bond donors (Lipinski definition) is 1. The van der Waals surface area contributed by atoms with Crippen molar-refractivity contribution in [2.24, 2.45) is 5.73 Å². The molecule has 1 aromatic rings. The van der Waals surface area contributed by atoms with E-state index >= 15 is 0 Å². The maximum Gasteiger partial charge on any atom is 0.254 e. The van der Waals surface area contributed by atoms with Gasteiger partial charge in [-0.15, -0.1) is 0 Å². The zero-order valence-corrected chi connectivity index (χ0v) is 11.5. The molecule has 0 saturated carbocycles. The highest BCUT2D eigenvalue weighted by Gasteiger charge is 2.26. The Morgan fingerprint density at radius 1 is 1.25 bits per heavy atom. The largest absolute Gasteiger partial charge is 0.454 e. The van der Waals surface area contributed by atoms with Gasteiger partial charge in [-0.1, -0.05) is 12.8 Å². The molecule has 20 heavy (non-hydrogen) atoms. The van der Waals surface area contributed by atoms with E-state index in [2.05, 4.69) is 0 Å². The molecule has 3 rings (SSSR count). The lowest BCUT2D eigenvalue weighted by atomic mass is 10.1. The summed E-state index contributed by atoms with van der Waals surface area (Å²) in [5.41, 5.74) is 6.48. The number of ether oxygens (including phenoxy) is 2. The van der Waals surface area contributed by atoms with E-state index in [0.717, 1.165) is 25.8 Å². The van der Waals surface area contributed by atoms with Crippen LogP contribution in [-0.2, 0) is 0 Å². The van der Waals surface area contributed by atoms with Crippen LogP contribution in [0.1, 0.15) is 36.0 Å². The summed E-state index contributed by atoms with van der Waals surface area (Å²) >= 11 is 0. The van der Waals surface area contributed by atoms with Crippen LogP contribution >= 0.6 is 0 Å².